The molecule has 0 aliphatic heterocycles. The highest BCUT2D eigenvalue weighted by atomic mass is 32.2. The molecule has 1 amide bonds. The highest BCUT2D eigenvalue weighted by molar-refractivity contribution is 7.98. The number of rotatable bonds is 10. The van der Waals surface area contributed by atoms with E-state index in [2.05, 4.69) is 10.3 Å². The third kappa shape index (κ3) is 7.71. The molecule has 3 aromatic rings. The molecule has 0 saturated heterocycles. The number of carbonyl (C=O) groups excluding carboxylic acids is 2. The minimum atomic E-state index is -1.05. The summed E-state index contributed by atoms with van der Waals surface area (Å²) >= 11 is 3.09. The zero-order valence-electron chi connectivity index (χ0n) is 19.0. The summed E-state index contributed by atoms with van der Waals surface area (Å²) in [6.07, 6.45) is 2.71. The summed E-state index contributed by atoms with van der Waals surface area (Å²) in [7, 11) is 0. The van der Waals surface area contributed by atoms with Gasteiger partial charge in [0.2, 0.25) is 0 Å². The predicted molar refractivity (Wildman–Crippen MR) is 143 cm³/mol. The van der Waals surface area contributed by atoms with Crippen molar-refractivity contribution in [3.8, 4) is 11.3 Å². The molecule has 1 atom stereocenters. The van der Waals surface area contributed by atoms with Gasteiger partial charge in [-0.15, -0.1) is 11.3 Å². The van der Waals surface area contributed by atoms with Crippen LogP contribution in [0.4, 0.5) is 0 Å². The van der Waals surface area contributed by atoms with E-state index in [4.69, 9.17) is 0 Å². The van der Waals surface area contributed by atoms with Gasteiger partial charge in [0.05, 0.1) is 23.8 Å². The molecule has 0 radical (unpaired) electrons. The summed E-state index contributed by atoms with van der Waals surface area (Å²) in [6, 6.07) is 16.1. The van der Waals surface area contributed by atoms with Crippen LogP contribution in [0.1, 0.15) is 41.2 Å². The summed E-state index contributed by atoms with van der Waals surface area (Å²) in [5.74, 6) is 0.382. The van der Waals surface area contributed by atoms with Crippen LogP contribution in [0.2, 0.25) is 0 Å². The van der Waals surface area contributed by atoms with Gasteiger partial charge in [-0.2, -0.15) is 25.3 Å². The van der Waals surface area contributed by atoms with Crippen molar-refractivity contribution in [1.82, 2.24) is 10.3 Å². The number of hydrogen-bond donors (Lipinski definition) is 2. The molecule has 0 spiro atoms. The van der Waals surface area contributed by atoms with Gasteiger partial charge < -0.3 is 10.4 Å². The Labute approximate surface area is 210 Å². The van der Waals surface area contributed by atoms with Gasteiger partial charge in [0, 0.05) is 16.5 Å². The molecule has 5 nitrogen and oxygen atoms in total. The van der Waals surface area contributed by atoms with Crippen molar-refractivity contribution in [3.63, 3.8) is 0 Å². The normalized spacial score (nSPS) is 12.0. The van der Waals surface area contributed by atoms with Crippen molar-refractivity contribution < 1.29 is 14.7 Å². The van der Waals surface area contributed by atoms with Crippen molar-refractivity contribution >= 4 is 48.3 Å². The zero-order chi connectivity index (χ0) is 23.1. The molecule has 0 aliphatic rings. The molecule has 1 heterocycles. The maximum atomic E-state index is 13.1. The Hall–Kier alpha value is -2.13. The number of thiazole rings is 1. The molecule has 176 valence electrons. The van der Waals surface area contributed by atoms with Crippen LogP contribution in [0.3, 0.4) is 0 Å². The number of nitrogens with one attached hydrogen (secondary N) is 1. The molecule has 2 N–H and O–H groups in total. The first-order valence-corrected chi connectivity index (χ1v) is 12.7. The lowest BCUT2D eigenvalue weighted by Crippen LogP contribution is -2.42. The predicted octanol–water partition coefficient (Wildman–Crippen LogP) is 4.81. The second kappa shape index (κ2) is 12.4. The average Bonchev–Trinajstić information content (AvgIpc) is 3.25. The zero-order valence-corrected chi connectivity index (χ0v) is 21.6. The van der Waals surface area contributed by atoms with E-state index in [0.29, 0.717) is 17.5 Å². The minimum Gasteiger partial charge on any atom is -0.386 e. The van der Waals surface area contributed by atoms with E-state index in [1.165, 1.54) is 11.3 Å². The molecular formula is C25H30N2O3S3. The summed E-state index contributed by atoms with van der Waals surface area (Å²) in [4.78, 5) is 30.5. The van der Waals surface area contributed by atoms with Crippen LogP contribution in [0.5, 0.6) is 0 Å². The quantitative estimate of drug-likeness (QED) is 0.416. The van der Waals surface area contributed by atoms with Gasteiger partial charge in [0.1, 0.15) is 5.01 Å². The van der Waals surface area contributed by atoms with Crippen LogP contribution in [0.15, 0.2) is 60.0 Å². The van der Waals surface area contributed by atoms with E-state index in [9.17, 15) is 14.7 Å². The number of carbonyl (C=O) groups is 2. The Bertz CT molecular complexity index is 1060. The SMILES string of the molecule is CSCC[C@H](NC(=O)c1cccc(C(C)(C)O)c1)C(=O)Cc1nc(-c2ccccc2)cs1.S. The highest BCUT2D eigenvalue weighted by Crippen LogP contribution is 2.23. The molecule has 0 unspecified atom stereocenters. The van der Waals surface area contributed by atoms with Gasteiger partial charge >= 0.3 is 0 Å². The number of amides is 1. The van der Waals surface area contributed by atoms with Gasteiger partial charge in [-0.25, -0.2) is 4.98 Å². The van der Waals surface area contributed by atoms with Gasteiger partial charge in [0.15, 0.2) is 5.78 Å². The van der Waals surface area contributed by atoms with E-state index in [-0.39, 0.29) is 31.6 Å². The molecule has 0 aliphatic carbocycles. The summed E-state index contributed by atoms with van der Waals surface area (Å²) in [5.41, 5.74) is 1.89. The Morgan fingerprint density at radius 3 is 2.55 bits per heavy atom. The Morgan fingerprint density at radius 2 is 1.88 bits per heavy atom. The number of nitrogens with zero attached hydrogens (tertiary/aromatic N) is 1. The van der Waals surface area contributed by atoms with E-state index in [0.717, 1.165) is 22.0 Å². The largest absolute Gasteiger partial charge is 0.386 e. The number of ketones is 1. The molecule has 2 aromatic carbocycles. The molecule has 3 rings (SSSR count). The third-order valence-electron chi connectivity index (χ3n) is 5.08. The monoisotopic (exact) mass is 502 g/mol. The molecule has 33 heavy (non-hydrogen) atoms. The van der Waals surface area contributed by atoms with Crippen LogP contribution in [0.25, 0.3) is 11.3 Å². The first kappa shape index (κ1) is 27.1. The van der Waals surface area contributed by atoms with Crippen LogP contribution >= 0.6 is 36.6 Å². The van der Waals surface area contributed by atoms with Gasteiger partial charge in [-0.1, -0.05) is 42.5 Å². The highest BCUT2D eigenvalue weighted by Gasteiger charge is 2.24. The Balaban J connectivity index is 0.00000385. The van der Waals surface area contributed by atoms with Crippen molar-refractivity contribution in [2.24, 2.45) is 0 Å². The lowest BCUT2D eigenvalue weighted by atomic mass is 9.96. The van der Waals surface area contributed by atoms with Gasteiger partial charge in [-0.3, -0.25) is 9.59 Å². The fourth-order valence-electron chi connectivity index (χ4n) is 3.24. The van der Waals surface area contributed by atoms with E-state index in [1.54, 1.807) is 49.9 Å². The molecule has 0 saturated carbocycles. The molecule has 0 fully saturated rings. The lowest BCUT2D eigenvalue weighted by molar-refractivity contribution is -0.120. The fraction of sp³-hybridized carbons (Fsp3) is 0.320. The number of thioether (sulfide) groups is 1. The van der Waals surface area contributed by atoms with Crippen LogP contribution < -0.4 is 5.32 Å². The van der Waals surface area contributed by atoms with Gasteiger partial charge in [0.25, 0.3) is 5.91 Å². The average molecular weight is 503 g/mol. The number of aliphatic hydroxyl groups is 1. The fourth-order valence-corrected chi connectivity index (χ4v) is 4.52. The molecule has 8 heteroatoms. The maximum absolute atomic E-state index is 13.1. The van der Waals surface area contributed by atoms with Crippen molar-refractivity contribution in [1.29, 1.82) is 0 Å². The molecule has 0 bridgehead atoms. The van der Waals surface area contributed by atoms with Crippen molar-refractivity contribution in [3.05, 3.63) is 76.1 Å². The smallest absolute Gasteiger partial charge is 0.251 e. The molecule has 1 aromatic heterocycles. The van der Waals surface area contributed by atoms with Crippen LogP contribution in [-0.4, -0.2) is 39.8 Å². The topological polar surface area (TPSA) is 79.3 Å². The Morgan fingerprint density at radius 1 is 1.15 bits per heavy atom. The minimum absolute atomic E-state index is 0. The second-order valence-electron chi connectivity index (χ2n) is 8.08. The van der Waals surface area contributed by atoms with E-state index >= 15 is 0 Å². The second-order valence-corrected chi connectivity index (χ2v) is 10.0. The number of hydrogen-bond acceptors (Lipinski definition) is 6. The molecular weight excluding hydrogens is 472 g/mol. The maximum Gasteiger partial charge on any atom is 0.251 e. The first-order valence-electron chi connectivity index (χ1n) is 10.4. The van der Waals surface area contributed by atoms with Crippen LogP contribution in [0, 0.1) is 0 Å². The van der Waals surface area contributed by atoms with Crippen molar-refractivity contribution in [2.45, 2.75) is 38.3 Å². The van der Waals surface area contributed by atoms with Crippen LogP contribution in [-0.2, 0) is 16.8 Å². The van der Waals surface area contributed by atoms with E-state index in [1.807, 2.05) is 42.0 Å². The summed E-state index contributed by atoms with van der Waals surface area (Å²) in [5, 5.41) is 15.8. The summed E-state index contributed by atoms with van der Waals surface area (Å²) in [6.45, 7) is 3.35. The third-order valence-corrected chi connectivity index (χ3v) is 6.58. The van der Waals surface area contributed by atoms with E-state index < -0.39 is 11.6 Å². The Kier molecular flexibility index (Phi) is 10.2. The van der Waals surface area contributed by atoms with Gasteiger partial charge in [-0.05, 0) is 50.0 Å². The number of benzene rings is 2. The standard InChI is InChI=1S/C25H28N2O3S2.H2S/c1-25(2,30)19-11-7-10-18(14-19)24(29)27-20(12-13-31-3)22(28)15-23-26-21(16-32-23)17-8-5-4-6-9-17;/h4-11,14,16,20,30H,12-13,15H2,1-3H3,(H,27,29);1H2/t20-;/m0./s1. The number of Topliss-reactive ketones (excluding diaryl/α,β-unsaturated/α-hetero) is 1. The van der Waals surface area contributed by atoms with Crippen molar-refractivity contribution in [2.75, 3.05) is 12.0 Å². The summed E-state index contributed by atoms with van der Waals surface area (Å²) < 4.78 is 0. The number of aromatic nitrogens is 1. The lowest BCUT2D eigenvalue weighted by Gasteiger charge is -2.20. The first-order chi connectivity index (χ1) is 15.3.